The highest BCUT2D eigenvalue weighted by Gasteiger charge is 2.26. The van der Waals surface area contributed by atoms with E-state index in [1.807, 2.05) is 0 Å². The molecule has 0 fully saturated rings. The number of aromatic nitrogens is 1. The van der Waals surface area contributed by atoms with Crippen LogP contribution in [0.5, 0.6) is 0 Å². The molecule has 1 aromatic carbocycles. The Labute approximate surface area is 112 Å². The molecule has 0 aliphatic heterocycles. The molecule has 6 heteroatoms. The number of halogens is 2. The summed E-state index contributed by atoms with van der Waals surface area (Å²) in [5.41, 5.74) is -0.125. The third kappa shape index (κ3) is 2.66. The molecule has 0 aliphatic rings. The van der Waals surface area contributed by atoms with Crippen LogP contribution >= 0.6 is 11.3 Å². The Hall–Kier alpha value is -2.13. The Morgan fingerprint density at radius 1 is 1.47 bits per heavy atom. The molecule has 0 aliphatic carbocycles. The topological polar surface area (TPSA) is 53.8 Å². The maximum Gasteiger partial charge on any atom is 0.196 e. The van der Waals surface area contributed by atoms with E-state index < -0.39 is 23.3 Å². The number of nitrogens with zero attached hydrogens (tertiary/aromatic N) is 2. The molecule has 3 nitrogen and oxygen atoms in total. The van der Waals surface area contributed by atoms with Crippen molar-refractivity contribution in [2.24, 2.45) is 0 Å². The van der Waals surface area contributed by atoms with Gasteiger partial charge in [-0.3, -0.25) is 4.79 Å². The van der Waals surface area contributed by atoms with Gasteiger partial charge in [-0.2, -0.15) is 5.26 Å². The van der Waals surface area contributed by atoms with E-state index >= 15 is 0 Å². The fourth-order valence-corrected chi connectivity index (χ4v) is 2.37. The van der Waals surface area contributed by atoms with Crippen LogP contribution in [0, 0.1) is 29.9 Å². The Morgan fingerprint density at radius 2 is 2.21 bits per heavy atom. The van der Waals surface area contributed by atoms with E-state index in [0.29, 0.717) is 11.1 Å². The minimum atomic E-state index is -1.29. The summed E-state index contributed by atoms with van der Waals surface area (Å²) >= 11 is 1.13. The zero-order valence-corrected chi connectivity index (χ0v) is 10.7. The smallest absolute Gasteiger partial charge is 0.196 e. The van der Waals surface area contributed by atoms with Gasteiger partial charge in [-0.25, -0.2) is 13.8 Å². The predicted molar refractivity (Wildman–Crippen MR) is 65.9 cm³/mol. The van der Waals surface area contributed by atoms with Gasteiger partial charge in [0.15, 0.2) is 5.78 Å². The van der Waals surface area contributed by atoms with Crippen LogP contribution in [0.25, 0.3) is 0 Å². The summed E-state index contributed by atoms with van der Waals surface area (Å²) < 4.78 is 26.4. The van der Waals surface area contributed by atoms with Gasteiger partial charge in [-0.05, 0) is 13.0 Å². The molecule has 0 spiro atoms. The maximum absolute atomic E-state index is 13.6. The molecule has 96 valence electrons. The first kappa shape index (κ1) is 13.3. The van der Waals surface area contributed by atoms with E-state index in [4.69, 9.17) is 5.26 Å². The first-order valence-corrected chi connectivity index (χ1v) is 6.15. The number of aryl methyl sites for hydroxylation is 1. The number of carbonyl (C=O) groups excluding carboxylic acids is 1. The van der Waals surface area contributed by atoms with Crippen LogP contribution in [0.1, 0.15) is 26.2 Å². The molecule has 1 aromatic heterocycles. The van der Waals surface area contributed by atoms with Crippen molar-refractivity contribution < 1.29 is 13.6 Å². The van der Waals surface area contributed by atoms with Crippen LogP contribution in [0.2, 0.25) is 0 Å². The Kier molecular flexibility index (Phi) is 3.67. The molecule has 0 saturated carbocycles. The number of ketones is 1. The van der Waals surface area contributed by atoms with Gasteiger partial charge in [0.2, 0.25) is 0 Å². The van der Waals surface area contributed by atoms with Crippen LogP contribution in [0.15, 0.2) is 24.4 Å². The van der Waals surface area contributed by atoms with Gasteiger partial charge >= 0.3 is 0 Å². The lowest BCUT2D eigenvalue weighted by Crippen LogP contribution is -2.11. The first-order valence-electron chi connectivity index (χ1n) is 5.34. The summed E-state index contributed by atoms with van der Waals surface area (Å²) in [6.45, 7) is 1.72. The third-order valence-electron chi connectivity index (χ3n) is 2.53. The molecule has 0 amide bonds. The van der Waals surface area contributed by atoms with Crippen molar-refractivity contribution in [2.75, 3.05) is 0 Å². The van der Waals surface area contributed by atoms with Gasteiger partial charge in [-0.15, -0.1) is 11.3 Å². The summed E-state index contributed by atoms with van der Waals surface area (Å²) in [4.78, 5) is 16.3. The van der Waals surface area contributed by atoms with Crippen LogP contribution in [0.4, 0.5) is 8.78 Å². The summed E-state index contributed by atoms with van der Waals surface area (Å²) in [5.74, 6) is -3.47. The van der Waals surface area contributed by atoms with Crippen LogP contribution in [-0.4, -0.2) is 10.8 Å². The van der Waals surface area contributed by atoms with Gasteiger partial charge < -0.3 is 0 Å². The van der Waals surface area contributed by atoms with Crippen LogP contribution < -0.4 is 0 Å². The highest BCUT2D eigenvalue weighted by atomic mass is 32.1. The molecule has 1 heterocycles. The van der Waals surface area contributed by atoms with Crippen molar-refractivity contribution in [2.45, 2.75) is 12.8 Å². The summed E-state index contributed by atoms with van der Waals surface area (Å²) in [6.07, 6.45) is 1.36. The SMILES string of the molecule is Cc1ncc(C(=O)C(C#N)c2ccc(F)cc2F)s1. The maximum atomic E-state index is 13.6. The van der Waals surface area contributed by atoms with E-state index in [1.165, 1.54) is 6.20 Å². The largest absolute Gasteiger partial charge is 0.291 e. The molecular formula is C13H8F2N2OS. The van der Waals surface area contributed by atoms with Gasteiger partial charge in [-0.1, -0.05) is 6.07 Å². The standard InChI is InChI=1S/C13H8F2N2OS/c1-7-17-6-12(19-7)13(18)10(5-16)9-3-2-8(14)4-11(9)15/h2-4,6,10H,1H3. The number of benzene rings is 1. The molecular weight excluding hydrogens is 270 g/mol. The zero-order chi connectivity index (χ0) is 14.0. The number of hydrogen-bond donors (Lipinski definition) is 0. The van der Waals surface area contributed by atoms with Crippen molar-refractivity contribution in [1.82, 2.24) is 4.98 Å². The molecule has 1 unspecified atom stereocenters. The lowest BCUT2D eigenvalue weighted by molar-refractivity contribution is 0.0981. The van der Waals surface area contributed by atoms with E-state index in [1.54, 1.807) is 13.0 Å². The highest BCUT2D eigenvalue weighted by Crippen LogP contribution is 2.26. The average molecular weight is 278 g/mol. The zero-order valence-electron chi connectivity index (χ0n) is 9.85. The van der Waals surface area contributed by atoms with Crippen molar-refractivity contribution in [1.29, 1.82) is 5.26 Å². The van der Waals surface area contributed by atoms with Gasteiger partial charge in [0.05, 0.1) is 16.0 Å². The molecule has 0 radical (unpaired) electrons. The minimum absolute atomic E-state index is 0.125. The van der Waals surface area contributed by atoms with E-state index in [9.17, 15) is 13.6 Å². The molecule has 0 bridgehead atoms. The van der Waals surface area contributed by atoms with E-state index in [-0.39, 0.29) is 10.4 Å². The number of carbonyl (C=O) groups is 1. The van der Waals surface area contributed by atoms with Crippen molar-refractivity contribution >= 4 is 17.1 Å². The minimum Gasteiger partial charge on any atom is -0.291 e. The number of thiazole rings is 1. The number of Topliss-reactive ketones (excluding diaryl/α,β-unsaturated/α-hetero) is 1. The third-order valence-corrected chi connectivity index (χ3v) is 3.46. The molecule has 19 heavy (non-hydrogen) atoms. The summed E-state index contributed by atoms with van der Waals surface area (Å²) in [5, 5.41) is 9.74. The van der Waals surface area contributed by atoms with Crippen molar-refractivity contribution in [3.05, 3.63) is 51.5 Å². The predicted octanol–water partition coefficient (Wildman–Crippen LogP) is 3.22. The molecule has 0 N–H and O–H groups in total. The summed E-state index contributed by atoms with van der Waals surface area (Å²) in [7, 11) is 0. The second kappa shape index (κ2) is 5.24. The van der Waals surface area contributed by atoms with Crippen LogP contribution in [0.3, 0.4) is 0 Å². The van der Waals surface area contributed by atoms with E-state index in [0.717, 1.165) is 23.5 Å². The lowest BCUT2D eigenvalue weighted by atomic mass is 9.95. The Balaban J connectivity index is 2.40. The molecule has 2 rings (SSSR count). The van der Waals surface area contributed by atoms with Gasteiger partial charge in [0.25, 0.3) is 0 Å². The van der Waals surface area contributed by atoms with Gasteiger partial charge in [0.1, 0.15) is 17.6 Å². The van der Waals surface area contributed by atoms with Crippen molar-refractivity contribution in [3.63, 3.8) is 0 Å². The van der Waals surface area contributed by atoms with Crippen LogP contribution in [-0.2, 0) is 0 Å². The van der Waals surface area contributed by atoms with Crippen molar-refractivity contribution in [3.8, 4) is 6.07 Å². The molecule has 1 atom stereocenters. The quantitative estimate of drug-likeness (QED) is 0.810. The molecule has 0 saturated heterocycles. The monoisotopic (exact) mass is 278 g/mol. The Bertz CT molecular complexity index is 676. The second-order valence-electron chi connectivity index (χ2n) is 3.84. The number of hydrogen-bond acceptors (Lipinski definition) is 4. The van der Waals surface area contributed by atoms with Gasteiger partial charge in [0, 0.05) is 17.8 Å². The second-order valence-corrected chi connectivity index (χ2v) is 5.07. The fraction of sp³-hybridized carbons (Fsp3) is 0.154. The average Bonchev–Trinajstić information content (AvgIpc) is 2.79. The number of rotatable bonds is 3. The number of nitriles is 1. The molecule has 2 aromatic rings. The summed E-state index contributed by atoms with van der Waals surface area (Å²) in [6, 6.07) is 4.55. The lowest BCUT2D eigenvalue weighted by Gasteiger charge is -2.08. The first-order chi connectivity index (χ1) is 9.02. The van der Waals surface area contributed by atoms with E-state index in [2.05, 4.69) is 4.98 Å². The fourth-order valence-electron chi connectivity index (χ4n) is 1.62. The Morgan fingerprint density at radius 3 is 2.74 bits per heavy atom. The highest BCUT2D eigenvalue weighted by molar-refractivity contribution is 7.13. The normalized spacial score (nSPS) is 11.9.